The zero-order valence-electron chi connectivity index (χ0n) is 16.0. The summed E-state index contributed by atoms with van der Waals surface area (Å²) in [6.45, 7) is 0.468. The highest BCUT2D eigenvalue weighted by Gasteiger charge is 2.45. The predicted octanol–water partition coefficient (Wildman–Crippen LogP) is 4.42. The number of hydrogen-bond acceptors (Lipinski definition) is 5. The average Bonchev–Trinajstić information content (AvgIpc) is 2.64. The van der Waals surface area contributed by atoms with Crippen LogP contribution in [0.15, 0.2) is 24.3 Å². The highest BCUT2D eigenvalue weighted by Crippen LogP contribution is 2.48. The Labute approximate surface area is 182 Å². The molecule has 1 aromatic carbocycles. The number of hydrogen-bond donors (Lipinski definition) is 3. The summed E-state index contributed by atoms with van der Waals surface area (Å²) in [6, 6.07) is 6.86. The quantitative estimate of drug-likeness (QED) is 0.268. The molecule has 1 fully saturated rings. The van der Waals surface area contributed by atoms with Crippen LogP contribution in [0.25, 0.3) is 0 Å². The van der Waals surface area contributed by atoms with E-state index >= 15 is 0 Å². The number of amides is 1. The Bertz CT molecular complexity index is 768. The standard InChI is InChI=1S/C16H19F2NO3S2.C2HF3O2/c17-16(18)9-13(10-16)11-2-1-3-12(8-11)15(22)19-5-7-24-23-6-4-14(20)21;3-2(4,5)1(6)7/h1-3,8,13H,4-7,9-10H2,(H,19,22)(H,20,21);(H,6,7). The lowest BCUT2D eigenvalue weighted by atomic mass is 9.76. The summed E-state index contributed by atoms with van der Waals surface area (Å²) in [5.41, 5.74) is 1.26. The van der Waals surface area contributed by atoms with Gasteiger partial charge in [0.05, 0.1) is 6.42 Å². The van der Waals surface area contributed by atoms with Gasteiger partial charge < -0.3 is 15.5 Å². The van der Waals surface area contributed by atoms with E-state index in [1.54, 1.807) is 24.3 Å². The van der Waals surface area contributed by atoms with E-state index in [2.05, 4.69) is 5.32 Å². The van der Waals surface area contributed by atoms with Gasteiger partial charge in [0.15, 0.2) is 0 Å². The molecule has 0 unspecified atom stereocenters. The van der Waals surface area contributed by atoms with Crippen LogP contribution in [0, 0.1) is 0 Å². The molecule has 6 nitrogen and oxygen atoms in total. The van der Waals surface area contributed by atoms with Gasteiger partial charge in [0, 0.05) is 36.5 Å². The molecule has 0 aromatic heterocycles. The fourth-order valence-corrected chi connectivity index (χ4v) is 4.27. The Hall–Kier alpha value is -2.02. The molecule has 0 atom stereocenters. The van der Waals surface area contributed by atoms with Gasteiger partial charge in [0.1, 0.15) is 0 Å². The first kappa shape index (κ1) is 27.0. The molecule has 13 heteroatoms. The number of carboxylic acid groups (broad SMARTS) is 2. The highest BCUT2D eigenvalue weighted by atomic mass is 33.1. The van der Waals surface area contributed by atoms with Gasteiger partial charge in [-0.1, -0.05) is 33.7 Å². The molecular weight excluding hydrogens is 469 g/mol. The van der Waals surface area contributed by atoms with E-state index in [0.29, 0.717) is 23.6 Å². The summed E-state index contributed by atoms with van der Waals surface area (Å²) in [7, 11) is 2.97. The normalized spacial score (nSPS) is 15.3. The number of carboxylic acids is 2. The number of benzene rings is 1. The number of carbonyl (C=O) groups excluding carboxylic acids is 1. The lowest BCUT2D eigenvalue weighted by Gasteiger charge is -2.35. The van der Waals surface area contributed by atoms with Crippen LogP contribution in [0.5, 0.6) is 0 Å². The number of halogens is 5. The molecule has 0 spiro atoms. The first-order chi connectivity index (χ1) is 14.3. The van der Waals surface area contributed by atoms with E-state index in [1.807, 2.05) is 0 Å². The number of aliphatic carboxylic acids is 2. The van der Waals surface area contributed by atoms with Crippen molar-refractivity contribution < 1.29 is 46.5 Å². The minimum atomic E-state index is -5.08. The summed E-state index contributed by atoms with van der Waals surface area (Å²) in [6.07, 6.45) is -5.26. The molecule has 0 saturated heterocycles. The first-order valence-corrected chi connectivity index (χ1v) is 11.3. The molecule has 0 bridgehead atoms. The summed E-state index contributed by atoms with van der Waals surface area (Å²) >= 11 is 0. The summed E-state index contributed by atoms with van der Waals surface area (Å²) in [5.74, 6) is -5.34. The van der Waals surface area contributed by atoms with Gasteiger partial charge in [-0.05, 0) is 23.6 Å². The minimum absolute atomic E-state index is 0.122. The Morgan fingerprint density at radius 3 is 2.19 bits per heavy atom. The first-order valence-electron chi connectivity index (χ1n) is 8.84. The van der Waals surface area contributed by atoms with E-state index in [1.165, 1.54) is 21.6 Å². The van der Waals surface area contributed by atoms with Gasteiger partial charge in [0.25, 0.3) is 5.91 Å². The van der Waals surface area contributed by atoms with Crippen molar-refractivity contribution in [2.24, 2.45) is 0 Å². The second-order valence-corrected chi connectivity index (χ2v) is 9.14. The Morgan fingerprint density at radius 2 is 1.68 bits per heavy atom. The van der Waals surface area contributed by atoms with Crippen LogP contribution in [0.2, 0.25) is 0 Å². The number of carbonyl (C=O) groups is 3. The van der Waals surface area contributed by atoms with Crippen molar-refractivity contribution >= 4 is 39.4 Å². The number of alkyl halides is 5. The van der Waals surface area contributed by atoms with E-state index in [-0.39, 0.29) is 31.1 Å². The van der Waals surface area contributed by atoms with Gasteiger partial charge >= 0.3 is 18.1 Å². The van der Waals surface area contributed by atoms with Crippen molar-refractivity contribution in [1.29, 1.82) is 0 Å². The third-order valence-corrected chi connectivity index (χ3v) is 6.31. The van der Waals surface area contributed by atoms with Gasteiger partial charge in [-0.2, -0.15) is 13.2 Å². The van der Waals surface area contributed by atoms with Crippen LogP contribution < -0.4 is 5.32 Å². The van der Waals surface area contributed by atoms with Gasteiger partial charge in [0.2, 0.25) is 5.92 Å². The SMILES string of the molecule is O=C(O)C(F)(F)F.O=C(O)CCSSCCNC(=O)c1cccc(C2CC(F)(F)C2)c1. The molecule has 0 radical (unpaired) electrons. The molecule has 0 aliphatic heterocycles. The van der Waals surface area contributed by atoms with Gasteiger partial charge in [-0.3, -0.25) is 9.59 Å². The molecule has 1 aliphatic carbocycles. The van der Waals surface area contributed by atoms with Gasteiger partial charge in [-0.15, -0.1) is 0 Å². The Balaban J connectivity index is 0.000000592. The van der Waals surface area contributed by atoms with Crippen molar-refractivity contribution in [3.8, 4) is 0 Å². The van der Waals surface area contributed by atoms with Crippen molar-refractivity contribution in [3.05, 3.63) is 35.4 Å². The van der Waals surface area contributed by atoms with E-state index < -0.39 is 24.0 Å². The fourth-order valence-electron chi connectivity index (χ4n) is 2.39. The second-order valence-electron chi connectivity index (χ2n) is 6.43. The Kier molecular flexibility index (Phi) is 10.6. The molecule has 0 heterocycles. The molecule has 1 saturated carbocycles. The number of nitrogens with one attached hydrogen (secondary N) is 1. The zero-order valence-corrected chi connectivity index (χ0v) is 17.6. The topological polar surface area (TPSA) is 104 Å². The smallest absolute Gasteiger partial charge is 0.481 e. The minimum Gasteiger partial charge on any atom is -0.481 e. The molecule has 3 N–H and O–H groups in total. The van der Waals surface area contributed by atoms with Crippen LogP contribution in [0.3, 0.4) is 0 Å². The Morgan fingerprint density at radius 1 is 1.10 bits per heavy atom. The van der Waals surface area contributed by atoms with Crippen molar-refractivity contribution in [1.82, 2.24) is 5.32 Å². The third-order valence-electron chi connectivity index (χ3n) is 3.91. The van der Waals surface area contributed by atoms with E-state index in [0.717, 1.165) is 5.56 Å². The lowest BCUT2D eigenvalue weighted by Crippen LogP contribution is -2.33. The summed E-state index contributed by atoms with van der Waals surface area (Å²) in [5, 5.41) is 18.4. The van der Waals surface area contributed by atoms with Crippen LogP contribution in [-0.4, -0.2) is 58.2 Å². The fraction of sp³-hybridized carbons (Fsp3) is 0.500. The molecular formula is C18H20F5NO5S2. The second kappa shape index (κ2) is 12.1. The third kappa shape index (κ3) is 10.7. The van der Waals surface area contributed by atoms with Crippen molar-refractivity contribution in [2.45, 2.75) is 37.3 Å². The lowest BCUT2D eigenvalue weighted by molar-refractivity contribution is -0.192. The molecule has 1 aliphatic rings. The maximum absolute atomic E-state index is 13.0. The van der Waals surface area contributed by atoms with Crippen LogP contribution in [0.4, 0.5) is 22.0 Å². The summed E-state index contributed by atoms with van der Waals surface area (Å²) < 4.78 is 57.6. The zero-order chi connectivity index (χ0) is 23.7. The van der Waals surface area contributed by atoms with Crippen molar-refractivity contribution in [3.63, 3.8) is 0 Å². The number of rotatable bonds is 9. The molecule has 174 valence electrons. The van der Waals surface area contributed by atoms with Gasteiger partial charge in [-0.25, -0.2) is 13.6 Å². The van der Waals surface area contributed by atoms with Crippen LogP contribution in [0.1, 0.15) is 41.1 Å². The maximum atomic E-state index is 13.0. The van der Waals surface area contributed by atoms with E-state index in [9.17, 15) is 31.5 Å². The highest BCUT2D eigenvalue weighted by molar-refractivity contribution is 8.76. The largest absolute Gasteiger partial charge is 0.490 e. The molecule has 1 amide bonds. The summed E-state index contributed by atoms with van der Waals surface area (Å²) in [4.78, 5) is 31.3. The monoisotopic (exact) mass is 489 g/mol. The maximum Gasteiger partial charge on any atom is 0.490 e. The van der Waals surface area contributed by atoms with E-state index in [4.69, 9.17) is 15.0 Å². The predicted molar refractivity (Wildman–Crippen MR) is 107 cm³/mol. The van der Waals surface area contributed by atoms with Crippen molar-refractivity contribution in [2.75, 3.05) is 18.1 Å². The van der Waals surface area contributed by atoms with Crippen LogP contribution in [-0.2, 0) is 9.59 Å². The van der Waals surface area contributed by atoms with Crippen LogP contribution >= 0.6 is 21.6 Å². The molecule has 1 aromatic rings. The molecule has 2 rings (SSSR count). The molecule has 31 heavy (non-hydrogen) atoms. The average molecular weight is 489 g/mol.